The Labute approximate surface area is 122 Å². The summed E-state index contributed by atoms with van der Waals surface area (Å²) in [5.41, 5.74) is 0.745. The lowest BCUT2D eigenvalue weighted by molar-refractivity contribution is -0.131. The molecular formula is C15H9BrO4. The third-order valence-corrected chi connectivity index (χ3v) is 3.65. The molecule has 0 aliphatic rings. The largest absolute Gasteiger partial charge is 0.454 e. The number of carbonyl (C=O) groups is 1. The molecule has 0 saturated heterocycles. The summed E-state index contributed by atoms with van der Waals surface area (Å²) in [6.07, 6.45) is 0. The van der Waals surface area contributed by atoms with Gasteiger partial charge in [0.1, 0.15) is 15.8 Å². The maximum Gasteiger partial charge on any atom is 0.308 e. The molecule has 4 nitrogen and oxygen atoms in total. The van der Waals surface area contributed by atoms with Gasteiger partial charge >= 0.3 is 5.97 Å². The number of esters is 1. The van der Waals surface area contributed by atoms with Crippen LogP contribution in [0.5, 0.6) is 5.75 Å². The highest BCUT2D eigenvalue weighted by atomic mass is 79.9. The van der Waals surface area contributed by atoms with Crippen molar-refractivity contribution in [2.45, 2.75) is 6.92 Å². The Balaban J connectivity index is 2.40. The zero-order valence-electron chi connectivity index (χ0n) is 10.5. The number of halogens is 1. The Hall–Kier alpha value is -2.14. The molecule has 0 fully saturated rings. The van der Waals surface area contributed by atoms with Crippen LogP contribution >= 0.6 is 15.9 Å². The van der Waals surface area contributed by atoms with Crippen molar-refractivity contribution in [2.24, 2.45) is 0 Å². The second-order valence-corrected chi connectivity index (χ2v) is 5.07. The van der Waals surface area contributed by atoms with Crippen molar-refractivity contribution in [1.82, 2.24) is 0 Å². The Bertz CT molecular complexity index is 895. The number of hydrogen-bond donors (Lipinski definition) is 0. The average Bonchev–Trinajstić information content (AvgIpc) is 2.42. The number of benzene rings is 2. The van der Waals surface area contributed by atoms with Gasteiger partial charge in [-0.2, -0.15) is 0 Å². The van der Waals surface area contributed by atoms with Crippen molar-refractivity contribution in [3.63, 3.8) is 0 Å². The molecule has 3 aromatic rings. The molecule has 0 aliphatic heterocycles. The van der Waals surface area contributed by atoms with Gasteiger partial charge in [-0.3, -0.25) is 9.59 Å². The van der Waals surface area contributed by atoms with Gasteiger partial charge in [-0.1, -0.05) is 12.1 Å². The maximum absolute atomic E-state index is 12.4. The lowest BCUT2D eigenvalue weighted by atomic mass is 10.1. The first kappa shape index (κ1) is 12.9. The number of fused-ring (bicyclic) bond motifs is 2. The summed E-state index contributed by atoms with van der Waals surface area (Å²) in [5.74, 6) is -0.114. The zero-order valence-corrected chi connectivity index (χ0v) is 12.1. The van der Waals surface area contributed by atoms with Crippen LogP contribution in [0.25, 0.3) is 21.9 Å². The molecule has 0 saturated carbocycles. The molecule has 0 N–H and O–H groups in total. The van der Waals surface area contributed by atoms with Crippen molar-refractivity contribution in [3.8, 4) is 5.75 Å². The molecular weight excluding hydrogens is 324 g/mol. The fourth-order valence-corrected chi connectivity index (χ4v) is 2.56. The molecule has 0 radical (unpaired) electrons. The first-order valence-corrected chi connectivity index (χ1v) is 6.69. The molecule has 100 valence electrons. The molecule has 0 aliphatic carbocycles. The van der Waals surface area contributed by atoms with Gasteiger partial charge in [-0.25, -0.2) is 0 Å². The van der Waals surface area contributed by atoms with Crippen LogP contribution in [0.3, 0.4) is 0 Å². The molecule has 1 heterocycles. The van der Waals surface area contributed by atoms with Gasteiger partial charge in [-0.15, -0.1) is 0 Å². The van der Waals surface area contributed by atoms with E-state index in [9.17, 15) is 9.59 Å². The van der Waals surface area contributed by atoms with Gasteiger partial charge in [0.05, 0.1) is 10.8 Å². The molecule has 1 aromatic heterocycles. The Morgan fingerprint density at radius 1 is 1.15 bits per heavy atom. The van der Waals surface area contributed by atoms with Crippen LogP contribution in [0, 0.1) is 0 Å². The SMILES string of the molecule is CC(=O)Oc1ccc2c(=O)c3ccccc3oc2c1Br. The minimum absolute atomic E-state index is 0.114. The van der Waals surface area contributed by atoms with E-state index in [1.165, 1.54) is 6.92 Å². The smallest absolute Gasteiger partial charge is 0.308 e. The fraction of sp³-hybridized carbons (Fsp3) is 0.0667. The van der Waals surface area contributed by atoms with Crippen molar-refractivity contribution >= 4 is 43.8 Å². The van der Waals surface area contributed by atoms with E-state index in [0.29, 0.717) is 32.2 Å². The van der Waals surface area contributed by atoms with E-state index in [1.54, 1.807) is 36.4 Å². The summed E-state index contributed by atoms with van der Waals surface area (Å²) in [4.78, 5) is 23.4. The van der Waals surface area contributed by atoms with Gasteiger partial charge in [0.15, 0.2) is 5.58 Å². The molecule has 3 rings (SSSR count). The standard InChI is InChI=1S/C15H9BrO4/c1-8(17)19-12-7-6-10-14(18)9-4-2-3-5-11(9)20-15(10)13(12)16/h2-7H,1H3. The van der Waals surface area contributed by atoms with E-state index in [4.69, 9.17) is 9.15 Å². The van der Waals surface area contributed by atoms with Gasteiger partial charge in [0.2, 0.25) is 5.43 Å². The minimum atomic E-state index is -0.437. The summed E-state index contributed by atoms with van der Waals surface area (Å²) < 4.78 is 11.3. The van der Waals surface area contributed by atoms with Crippen molar-refractivity contribution in [1.29, 1.82) is 0 Å². The van der Waals surface area contributed by atoms with Gasteiger partial charge in [0, 0.05) is 6.92 Å². The van der Waals surface area contributed by atoms with Crippen molar-refractivity contribution < 1.29 is 13.9 Å². The molecule has 2 aromatic carbocycles. The summed E-state index contributed by atoms with van der Waals surface area (Å²) in [7, 11) is 0. The maximum atomic E-state index is 12.4. The first-order chi connectivity index (χ1) is 9.58. The monoisotopic (exact) mass is 332 g/mol. The molecule has 0 atom stereocenters. The van der Waals surface area contributed by atoms with E-state index in [-0.39, 0.29) is 5.43 Å². The topological polar surface area (TPSA) is 56.5 Å². The number of rotatable bonds is 1. The van der Waals surface area contributed by atoms with E-state index in [2.05, 4.69) is 15.9 Å². The molecule has 0 spiro atoms. The van der Waals surface area contributed by atoms with E-state index in [0.717, 1.165) is 0 Å². The fourth-order valence-electron chi connectivity index (χ4n) is 2.05. The van der Waals surface area contributed by atoms with Crippen LogP contribution in [-0.2, 0) is 4.79 Å². The zero-order chi connectivity index (χ0) is 14.3. The minimum Gasteiger partial charge on any atom is -0.454 e. The molecule has 0 bridgehead atoms. The molecule has 20 heavy (non-hydrogen) atoms. The second-order valence-electron chi connectivity index (χ2n) is 4.28. The van der Waals surface area contributed by atoms with Crippen LogP contribution < -0.4 is 10.2 Å². The normalized spacial score (nSPS) is 10.9. The highest BCUT2D eigenvalue weighted by Gasteiger charge is 2.14. The summed E-state index contributed by atoms with van der Waals surface area (Å²) in [6.45, 7) is 1.31. The molecule has 0 amide bonds. The summed E-state index contributed by atoms with van der Waals surface area (Å²) in [5, 5.41) is 0.957. The number of hydrogen-bond acceptors (Lipinski definition) is 4. The van der Waals surface area contributed by atoms with Crippen LogP contribution in [0.15, 0.2) is 50.1 Å². The Morgan fingerprint density at radius 2 is 1.90 bits per heavy atom. The number of ether oxygens (including phenoxy) is 1. The third-order valence-electron chi connectivity index (χ3n) is 2.90. The predicted molar refractivity (Wildman–Crippen MR) is 79.0 cm³/mol. The Kier molecular flexibility index (Phi) is 3.06. The number of para-hydroxylation sites is 1. The second kappa shape index (κ2) is 4.76. The number of carbonyl (C=O) groups excluding carboxylic acids is 1. The highest BCUT2D eigenvalue weighted by molar-refractivity contribution is 9.10. The Morgan fingerprint density at radius 3 is 2.65 bits per heavy atom. The van der Waals surface area contributed by atoms with Crippen LogP contribution in [0.4, 0.5) is 0 Å². The van der Waals surface area contributed by atoms with Crippen LogP contribution in [0.1, 0.15) is 6.92 Å². The van der Waals surface area contributed by atoms with Crippen molar-refractivity contribution in [3.05, 3.63) is 51.1 Å². The summed E-state index contributed by atoms with van der Waals surface area (Å²) >= 11 is 3.32. The highest BCUT2D eigenvalue weighted by Crippen LogP contribution is 2.33. The van der Waals surface area contributed by atoms with Gasteiger partial charge in [-0.05, 0) is 40.2 Å². The molecule has 5 heteroatoms. The summed E-state index contributed by atoms with van der Waals surface area (Å²) in [6, 6.07) is 10.2. The van der Waals surface area contributed by atoms with E-state index >= 15 is 0 Å². The third kappa shape index (κ3) is 2.00. The lowest BCUT2D eigenvalue weighted by Gasteiger charge is -2.07. The first-order valence-electron chi connectivity index (χ1n) is 5.90. The van der Waals surface area contributed by atoms with Gasteiger partial charge < -0.3 is 9.15 Å². The average molecular weight is 333 g/mol. The van der Waals surface area contributed by atoms with Crippen molar-refractivity contribution in [2.75, 3.05) is 0 Å². The lowest BCUT2D eigenvalue weighted by Crippen LogP contribution is -2.05. The van der Waals surface area contributed by atoms with Gasteiger partial charge in [0.25, 0.3) is 0 Å². The quantitative estimate of drug-likeness (QED) is 0.388. The predicted octanol–water partition coefficient (Wildman–Crippen LogP) is 3.63. The van der Waals surface area contributed by atoms with Crippen LogP contribution in [-0.4, -0.2) is 5.97 Å². The molecule has 0 unspecified atom stereocenters. The van der Waals surface area contributed by atoms with E-state index in [1.807, 2.05) is 0 Å². The van der Waals surface area contributed by atoms with Crippen LogP contribution in [0.2, 0.25) is 0 Å². The van der Waals surface area contributed by atoms with E-state index < -0.39 is 5.97 Å².